The van der Waals surface area contributed by atoms with Gasteiger partial charge in [0.2, 0.25) is 5.91 Å². The first-order chi connectivity index (χ1) is 10.2. The Balaban J connectivity index is 2.68. The van der Waals surface area contributed by atoms with Gasteiger partial charge in [-0.15, -0.1) is 11.8 Å². The lowest BCUT2D eigenvalue weighted by atomic mass is 10.1. The van der Waals surface area contributed by atoms with Crippen LogP contribution in [0.1, 0.15) is 33.4 Å². The van der Waals surface area contributed by atoms with E-state index in [1.807, 2.05) is 12.1 Å². The highest BCUT2D eigenvalue weighted by Crippen LogP contribution is 2.23. The second kappa shape index (κ2) is 8.03. The van der Waals surface area contributed by atoms with Crippen LogP contribution in [-0.4, -0.2) is 33.4 Å². The Bertz CT molecular complexity index is 533. The Morgan fingerprint density at radius 3 is 2.68 bits per heavy atom. The number of rotatable bonds is 7. The molecule has 1 heterocycles. The molecular weight excluding hydrogens is 302 g/mol. The van der Waals surface area contributed by atoms with Crippen LogP contribution >= 0.6 is 11.8 Å². The number of carboxylic acid groups (broad SMARTS) is 1. The van der Waals surface area contributed by atoms with Crippen molar-refractivity contribution in [1.29, 1.82) is 0 Å². The summed E-state index contributed by atoms with van der Waals surface area (Å²) in [6.07, 6.45) is 0.452. The lowest BCUT2D eigenvalue weighted by Gasteiger charge is -2.23. The van der Waals surface area contributed by atoms with Crippen molar-refractivity contribution in [2.75, 3.05) is 5.75 Å². The van der Waals surface area contributed by atoms with E-state index in [-0.39, 0.29) is 12.5 Å². The Hall–Kier alpha value is -1.76. The van der Waals surface area contributed by atoms with E-state index in [1.165, 1.54) is 13.8 Å². The van der Waals surface area contributed by atoms with Gasteiger partial charge in [-0.3, -0.25) is 9.78 Å². The molecule has 0 aromatic carbocycles. The molecule has 0 unspecified atom stereocenters. The molecule has 22 heavy (non-hydrogen) atoms. The third-order valence-corrected chi connectivity index (χ3v) is 4.34. The number of carbonyl (C=O) groups is 2. The van der Waals surface area contributed by atoms with Crippen LogP contribution in [0.2, 0.25) is 0 Å². The van der Waals surface area contributed by atoms with Gasteiger partial charge in [-0.1, -0.05) is 13.8 Å². The van der Waals surface area contributed by atoms with Crippen LogP contribution in [0, 0.1) is 5.92 Å². The predicted octanol–water partition coefficient (Wildman–Crippen LogP) is 2.49. The lowest BCUT2D eigenvalue weighted by molar-refractivity contribution is -0.126. The Kier molecular flexibility index (Phi) is 6.67. The zero-order valence-corrected chi connectivity index (χ0v) is 14.2. The van der Waals surface area contributed by atoms with Crippen molar-refractivity contribution in [2.24, 2.45) is 5.92 Å². The van der Waals surface area contributed by atoms with Crippen molar-refractivity contribution in [3.05, 3.63) is 24.0 Å². The molecule has 2 amide bonds. The first-order valence-corrected chi connectivity index (χ1v) is 8.07. The average molecular weight is 325 g/mol. The first kappa shape index (κ1) is 18.3. The van der Waals surface area contributed by atoms with E-state index in [0.717, 1.165) is 16.3 Å². The summed E-state index contributed by atoms with van der Waals surface area (Å²) in [7, 11) is 0. The number of pyridine rings is 1. The van der Waals surface area contributed by atoms with Gasteiger partial charge in [0.25, 0.3) is 0 Å². The van der Waals surface area contributed by atoms with Crippen LogP contribution in [-0.2, 0) is 11.3 Å². The monoisotopic (exact) mass is 325 g/mol. The molecule has 1 aromatic rings. The van der Waals surface area contributed by atoms with Crippen LogP contribution in [0.5, 0.6) is 0 Å². The summed E-state index contributed by atoms with van der Waals surface area (Å²) in [5.41, 5.74) is -0.404. The van der Waals surface area contributed by atoms with Gasteiger partial charge < -0.3 is 15.7 Å². The third kappa shape index (κ3) is 5.93. The van der Waals surface area contributed by atoms with Crippen molar-refractivity contribution >= 4 is 23.8 Å². The second-order valence-electron chi connectivity index (χ2n) is 5.89. The molecule has 0 saturated carbocycles. The van der Waals surface area contributed by atoms with Gasteiger partial charge in [-0.05, 0) is 31.9 Å². The van der Waals surface area contributed by atoms with Crippen molar-refractivity contribution in [3.8, 4) is 0 Å². The predicted molar refractivity (Wildman–Crippen MR) is 86.9 cm³/mol. The molecule has 0 aliphatic heterocycles. The van der Waals surface area contributed by atoms with Crippen molar-refractivity contribution < 1.29 is 14.7 Å². The molecule has 3 N–H and O–H groups in total. The zero-order chi connectivity index (χ0) is 16.8. The Labute approximate surface area is 135 Å². The van der Waals surface area contributed by atoms with E-state index in [9.17, 15) is 9.59 Å². The summed E-state index contributed by atoms with van der Waals surface area (Å²) in [5, 5.41) is 13.7. The molecule has 0 spiro atoms. The summed E-state index contributed by atoms with van der Waals surface area (Å²) in [6.45, 7) is 7.59. The standard InChI is InChI=1S/C15H23N3O3S/c1-10(2)9-22-12-6-5-7-16-11(12)8-17-13(19)15(3,4)18-14(20)21/h5-7,10,18H,8-9H2,1-4H3,(H,17,19)(H,20,21). The van der Waals surface area contributed by atoms with E-state index < -0.39 is 11.6 Å². The van der Waals surface area contributed by atoms with Gasteiger partial charge in [0.05, 0.1) is 12.2 Å². The molecule has 0 radical (unpaired) electrons. The third-order valence-electron chi connectivity index (χ3n) is 2.82. The topological polar surface area (TPSA) is 91.3 Å². The SMILES string of the molecule is CC(C)CSc1cccnc1CNC(=O)C(C)(C)NC(=O)O. The molecule has 7 heteroatoms. The van der Waals surface area contributed by atoms with Crippen molar-refractivity contribution in [3.63, 3.8) is 0 Å². The molecule has 1 rings (SSSR count). The highest BCUT2D eigenvalue weighted by Gasteiger charge is 2.29. The largest absolute Gasteiger partial charge is 0.465 e. The van der Waals surface area contributed by atoms with Crippen molar-refractivity contribution in [1.82, 2.24) is 15.6 Å². The maximum Gasteiger partial charge on any atom is 0.405 e. The van der Waals surface area contributed by atoms with Gasteiger partial charge in [-0.25, -0.2) is 4.79 Å². The molecule has 0 aliphatic rings. The van der Waals surface area contributed by atoms with Crippen molar-refractivity contribution in [2.45, 2.75) is 44.7 Å². The number of thioether (sulfide) groups is 1. The fraction of sp³-hybridized carbons (Fsp3) is 0.533. The molecule has 0 bridgehead atoms. The van der Waals surface area contributed by atoms with Crippen LogP contribution in [0.3, 0.4) is 0 Å². The maximum atomic E-state index is 12.1. The number of hydrogen-bond donors (Lipinski definition) is 3. The summed E-state index contributed by atoms with van der Waals surface area (Å²) in [4.78, 5) is 28.1. The van der Waals surface area contributed by atoms with Crippen LogP contribution in [0.25, 0.3) is 0 Å². The minimum absolute atomic E-state index is 0.269. The van der Waals surface area contributed by atoms with Crippen LogP contribution in [0.15, 0.2) is 23.2 Å². The number of nitrogens with one attached hydrogen (secondary N) is 2. The molecule has 0 saturated heterocycles. The lowest BCUT2D eigenvalue weighted by Crippen LogP contribution is -2.54. The fourth-order valence-corrected chi connectivity index (χ4v) is 2.63. The Morgan fingerprint density at radius 2 is 2.09 bits per heavy atom. The first-order valence-electron chi connectivity index (χ1n) is 7.08. The number of amides is 2. The normalized spacial score (nSPS) is 11.3. The van der Waals surface area contributed by atoms with Gasteiger partial charge in [0.15, 0.2) is 0 Å². The van der Waals surface area contributed by atoms with Gasteiger partial charge in [0.1, 0.15) is 5.54 Å². The Morgan fingerprint density at radius 1 is 1.41 bits per heavy atom. The molecule has 122 valence electrons. The minimum atomic E-state index is -1.23. The number of aromatic nitrogens is 1. The van der Waals surface area contributed by atoms with Gasteiger partial charge >= 0.3 is 6.09 Å². The number of nitrogens with zero attached hydrogens (tertiary/aromatic N) is 1. The van der Waals surface area contributed by atoms with Gasteiger partial charge in [0, 0.05) is 16.8 Å². The molecular formula is C15H23N3O3S. The van der Waals surface area contributed by atoms with Crippen LogP contribution in [0.4, 0.5) is 4.79 Å². The molecule has 0 fully saturated rings. The van der Waals surface area contributed by atoms with E-state index in [0.29, 0.717) is 5.92 Å². The van der Waals surface area contributed by atoms with E-state index in [2.05, 4.69) is 29.5 Å². The highest BCUT2D eigenvalue weighted by atomic mass is 32.2. The number of carbonyl (C=O) groups excluding carboxylic acids is 1. The molecule has 6 nitrogen and oxygen atoms in total. The smallest absolute Gasteiger partial charge is 0.405 e. The van der Waals surface area contributed by atoms with E-state index in [1.54, 1.807) is 18.0 Å². The van der Waals surface area contributed by atoms with Crippen LogP contribution < -0.4 is 10.6 Å². The fourth-order valence-electron chi connectivity index (χ4n) is 1.65. The second-order valence-corrected chi connectivity index (χ2v) is 6.95. The van der Waals surface area contributed by atoms with Gasteiger partial charge in [-0.2, -0.15) is 0 Å². The highest BCUT2D eigenvalue weighted by molar-refractivity contribution is 7.99. The van der Waals surface area contributed by atoms with E-state index in [4.69, 9.17) is 5.11 Å². The number of hydrogen-bond acceptors (Lipinski definition) is 4. The summed E-state index contributed by atoms with van der Waals surface area (Å²) >= 11 is 1.70. The molecule has 1 aromatic heterocycles. The quantitative estimate of drug-likeness (QED) is 0.670. The zero-order valence-electron chi connectivity index (χ0n) is 13.3. The summed E-state index contributed by atoms with van der Waals surface area (Å²) in [5.74, 6) is 1.14. The minimum Gasteiger partial charge on any atom is -0.465 e. The maximum absolute atomic E-state index is 12.1. The summed E-state index contributed by atoms with van der Waals surface area (Å²) in [6, 6.07) is 3.84. The van der Waals surface area contributed by atoms with E-state index >= 15 is 0 Å². The summed E-state index contributed by atoms with van der Waals surface area (Å²) < 4.78 is 0. The molecule has 0 atom stereocenters. The molecule has 0 aliphatic carbocycles. The average Bonchev–Trinajstić information content (AvgIpc) is 2.41.